The summed E-state index contributed by atoms with van der Waals surface area (Å²) in [5.74, 6) is 1.75. The molecule has 0 radical (unpaired) electrons. The summed E-state index contributed by atoms with van der Waals surface area (Å²) in [6.45, 7) is 0. The van der Waals surface area contributed by atoms with Gasteiger partial charge in [-0.05, 0) is 52.6 Å². The smallest absolute Gasteiger partial charge is 0.238 e. The Morgan fingerprint density at radius 3 is 1.38 bits per heavy atom. The first kappa shape index (κ1) is 35.2. The quantitative estimate of drug-likeness (QED) is 0.168. The first-order valence-corrected chi connectivity index (χ1v) is 21.2. The number of para-hydroxylation sites is 3. The molecule has 4 aromatic heterocycles. The van der Waals surface area contributed by atoms with Gasteiger partial charge in [0.1, 0.15) is 5.58 Å². The van der Waals surface area contributed by atoms with Gasteiger partial charge in [-0.1, -0.05) is 182 Å². The van der Waals surface area contributed by atoms with Gasteiger partial charge in [0.05, 0.1) is 27.8 Å². The van der Waals surface area contributed by atoms with Gasteiger partial charge in [0.25, 0.3) is 0 Å². The zero-order valence-electron chi connectivity index (χ0n) is 33.9. The molecule has 0 aliphatic heterocycles. The molecule has 0 aliphatic carbocycles. The van der Waals surface area contributed by atoms with Crippen LogP contribution in [-0.4, -0.2) is 24.1 Å². The van der Waals surface area contributed by atoms with Gasteiger partial charge in [-0.2, -0.15) is 9.97 Å². The van der Waals surface area contributed by atoms with Gasteiger partial charge in [0.2, 0.25) is 5.95 Å². The number of hydrogen-bond acceptors (Lipinski definition) is 4. The number of rotatable bonds is 6. The van der Waals surface area contributed by atoms with Gasteiger partial charge in [-0.3, -0.25) is 4.57 Å². The normalized spacial score (nSPS) is 11.8. The van der Waals surface area contributed by atoms with Crippen LogP contribution in [0.2, 0.25) is 0 Å². The van der Waals surface area contributed by atoms with Crippen molar-refractivity contribution in [3.63, 3.8) is 0 Å². The zero-order chi connectivity index (χ0) is 41.4. The number of hydrogen-bond donors (Lipinski definition) is 0. The van der Waals surface area contributed by atoms with Gasteiger partial charge >= 0.3 is 0 Å². The highest BCUT2D eigenvalue weighted by atomic mass is 16.3. The van der Waals surface area contributed by atoms with Gasteiger partial charge < -0.3 is 8.98 Å². The first-order valence-electron chi connectivity index (χ1n) is 21.2. The maximum atomic E-state index is 6.93. The Bertz CT molecular complexity index is 3830. The Labute approximate surface area is 361 Å². The third-order valence-electron chi connectivity index (χ3n) is 12.4. The van der Waals surface area contributed by atoms with Gasteiger partial charge in [-0.15, -0.1) is 0 Å². The summed E-state index contributed by atoms with van der Waals surface area (Å²) in [7, 11) is 0. The molecule has 0 atom stereocenters. The van der Waals surface area contributed by atoms with Crippen LogP contribution in [0.15, 0.2) is 217 Å². The predicted octanol–water partition coefficient (Wildman–Crippen LogP) is 14.6. The topological polar surface area (TPSA) is 61.7 Å². The number of fused-ring (bicyclic) bond motifs is 10. The van der Waals surface area contributed by atoms with E-state index >= 15 is 0 Å². The molecule has 0 fully saturated rings. The molecule has 0 aliphatic rings. The molecule has 0 saturated carbocycles. The molecule has 9 aromatic carbocycles. The molecule has 0 spiro atoms. The monoisotopic (exact) mass is 805 g/mol. The van der Waals surface area contributed by atoms with Gasteiger partial charge in [-0.25, -0.2) is 4.98 Å². The van der Waals surface area contributed by atoms with Gasteiger partial charge in [0.15, 0.2) is 17.2 Å². The maximum absolute atomic E-state index is 6.93. The first-order chi connectivity index (χ1) is 31.2. The van der Waals surface area contributed by atoms with Crippen LogP contribution in [-0.2, 0) is 0 Å². The summed E-state index contributed by atoms with van der Waals surface area (Å²) in [5, 5.41) is 6.59. The molecule has 6 heteroatoms. The Morgan fingerprint density at radius 1 is 0.317 bits per heavy atom. The van der Waals surface area contributed by atoms with Crippen LogP contribution in [0.4, 0.5) is 0 Å². The minimum absolute atomic E-state index is 0.541. The van der Waals surface area contributed by atoms with Crippen molar-refractivity contribution in [2.75, 3.05) is 0 Å². The second-order valence-electron chi connectivity index (χ2n) is 16.0. The lowest BCUT2D eigenvalue weighted by Gasteiger charge is -2.15. The highest BCUT2D eigenvalue weighted by molar-refractivity contribution is 6.24. The highest BCUT2D eigenvalue weighted by Crippen LogP contribution is 2.45. The van der Waals surface area contributed by atoms with Crippen LogP contribution >= 0.6 is 0 Å². The van der Waals surface area contributed by atoms with E-state index in [1.165, 1.54) is 11.1 Å². The summed E-state index contributed by atoms with van der Waals surface area (Å²) < 4.78 is 11.6. The number of aromatic nitrogens is 5. The van der Waals surface area contributed by atoms with Crippen molar-refractivity contribution in [3.05, 3.63) is 212 Å². The Balaban J connectivity index is 1.16. The molecule has 0 N–H and O–H groups in total. The minimum atomic E-state index is 0.541. The number of nitrogens with zero attached hydrogens (tertiary/aromatic N) is 5. The SMILES string of the molecule is c1ccc(-c2ccc(-c3cc(-n4c5ccccc5c5ccc6c7ccccc7n(-c7nc(-c8ccccc8)nc(-c8ccccc8)n7)c6c54)c4oc5ccccc5c4c3)cc2)cc1. The van der Waals surface area contributed by atoms with E-state index in [1.807, 2.05) is 42.5 Å². The van der Waals surface area contributed by atoms with E-state index in [0.717, 1.165) is 93.5 Å². The fourth-order valence-electron chi connectivity index (χ4n) is 9.48. The predicted molar refractivity (Wildman–Crippen MR) is 258 cm³/mol. The van der Waals surface area contributed by atoms with Crippen molar-refractivity contribution in [2.45, 2.75) is 0 Å². The largest absolute Gasteiger partial charge is 0.454 e. The highest BCUT2D eigenvalue weighted by Gasteiger charge is 2.25. The van der Waals surface area contributed by atoms with Crippen molar-refractivity contribution in [2.24, 2.45) is 0 Å². The summed E-state index contributed by atoms with van der Waals surface area (Å²) in [5.41, 5.74) is 13.1. The Morgan fingerprint density at radius 2 is 0.778 bits per heavy atom. The van der Waals surface area contributed by atoms with Crippen LogP contribution in [0.1, 0.15) is 0 Å². The Kier molecular flexibility index (Phi) is 7.80. The van der Waals surface area contributed by atoms with Gasteiger partial charge in [0, 0.05) is 43.4 Å². The van der Waals surface area contributed by atoms with Crippen molar-refractivity contribution < 1.29 is 4.42 Å². The van der Waals surface area contributed by atoms with E-state index in [4.69, 9.17) is 19.4 Å². The summed E-state index contributed by atoms with van der Waals surface area (Å²) in [6, 6.07) is 74.4. The lowest BCUT2D eigenvalue weighted by molar-refractivity contribution is 0.666. The molecular weight excluding hydrogens is 771 g/mol. The van der Waals surface area contributed by atoms with E-state index in [-0.39, 0.29) is 0 Å². The second kappa shape index (κ2) is 14.0. The zero-order valence-corrected chi connectivity index (χ0v) is 33.9. The molecule has 0 amide bonds. The van der Waals surface area contributed by atoms with Crippen LogP contribution in [0.5, 0.6) is 0 Å². The van der Waals surface area contributed by atoms with Crippen molar-refractivity contribution in [1.82, 2.24) is 24.1 Å². The van der Waals surface area contributed by atoms with E-state index < -0.39 is 0 Å². The standard InChI is InChI=1S/C57H35N5O/c1-4-16-36(17-5-1)37-28-30-38(31-29-37)41-34-47-44-24-12-15-27-51(44)63-54(47)50(35-41)61-48-25-13-10-22-42(48)45-32-33-46-43-23-11-14-26-49(43)62(53(46)52(45)61)57-59-55(39-18-6-2-7-19-39)58-56(60-57)40-20-8-3-9-21-40/h1-35H. The number of furan rings is 1. The molecule has 4 heterocycles. The van der Waals surface area contributed by atoms with Crippen LogP contribution in [0.25, 0.3) is 122 Å². The maximum Gasteiger partial charge on any atom is 0.238 e. The molecule has 0 unspecified atom stereocenters. The molecule has 0 bridgehead atoms. The molecule has 6 nitrogen and oxygen atoms in total. The van der Waals surface area contributed by atoms with E-state index in [1.54, 1.807) is 0 Å². The molecular formula is C57H35N5O. The Hall–Kier alpha value is -8.61. The minimum Gasteiger partial charge on any atom is -0.454 e. The lowest BCUT2D eigenvalue weighted by atomic mass is 9.98. The number of benzene rings is 9. The average molecular weight is 806 g/mol. The lowest BCUT2D eigenvalue weighted by Crippen LogP contribution is -2.07. The molecule has 13 aromatic rings. The molecule has 63 heavy (non-hydrogen) atoms. The third kappa shape index (κ3) is 5.55. The average Bonchev–Trinajstić information content (AvgIpc) is 4.02. The third-order valence-corrected chi connectivity index (χ3v) is 12.4. The summed E-state index contributed by atoms with van der Waals surface area (Å²) in [6.07, 6.45) is 0. The second-order valence-corrected chi connectivity index (χ2v) is 16.0. The summed E-state index contributed by atoms with van der Waals surface area (Å²) >= 11 is 0. The van der Waals surface area contributed by atoms with Crippen molar-refractivity contribution in [3.8, 4) is 56.7 Å². The van der Waals surface area contributed by atoms with Crippen molar-refractivity contribution >= 4 is 65.6 Å². The molecule has 0 saturated heterocycles. The van der Waals surface area contributed by atoms with E-state index in [0.29, 0.717) is 17.6 Å². The van der Waals surface area contributed by atoms with Crippen molar-refractivity contribution in [1.29, 1.82) is 0 Å². The van der Waals surface area contributed by atoms with Crippen LogP contribution < -0.4 is 0 Å². The van der Waals surface area contributed by atoms with Crippen LogP contribution in [0.3, 0.4) is 0 Å². The summed E-state index contributed by atoms with van der Waals surface area (Å²) in [4.78, 5) is 15.7. The fourth-order valence-corrected chi connectivity index (χ4v) is 9.48. The van der Waals surface area contributed by atoms with E-state index in [2.05, 4.69) is 179 Å². The van der Waals surface area contributed by atoms with E-state index in [9.17, 15) is 0 Å². The molecule has 13 rings (SSSR count). The fraction of sp³-hybridized carbons (Fsp3) is 0. The molecule has 294 valence electrons. The van der Waals surface area contributed by atoms with Crippen LogP contribution in [0, 0.1) is 0 Å².